The summed E-state index contributed by atoms with van der Waals surface area (Å²) < 4.78 is 39.9. The summed E-state index contributed by atoms with van der Waals surface area (Å²) in [6.07, 6.45) is 1.65. The SMILES string of the molecule is Fc1ccc(-c2noc(-c3ncn4c3CO[C@H](c3ccccc3)C4)n2)cc1F. The number of imidazole rings is 1. The molecule has 0 aliphatic carbocycles. The molecule has 0 radical (unpaired) electrons. The van der Waals surface area contributed by atoms with Crippen LogP contribution in [0, 0.1) is 11.6 Å². The highest BCUT2D eigenvalue weighted by Crippen LogP contribution is 2.31. The molecule has 28 heavy (non-hydrogen) atoms. The molecular weight excluding hydrogens is 366 g/mol. The van der Waals surface area contributed by atoms with E-state index >= 15 is 0 Å². The van der Waals surface area contributed by atoms with E-state index in [0.29, 0.717) is 24.4 Å². The molecule has 1 atom stereocenters. The summed E-state index contributed by atoms with van der Waals surface area (Å²) in [4.78, 5) is 8.67. The zero-order valence-corrected chi connectivity index (χ0v) is 14.5. The molecule has 6 nitrogen and oxygen atoms in total. The van der Waals surface area contributed by atoms with Gasteiger partial charge in [0.1, 0.15) is 6.10 Å². The molecule has 0 N–H and O–H groups in total. The molecule has 0 amide bonds. The van der Waals surface area contributed by atoms with E-state index in [9.17, 15) is 8.78 Å². The number of halogens is 2. The number of hydrogen-bond donors (Lipinski definition) is 0. The number of nitrogens with zero attached hydrogens (tertiary/aromatic N) is 4. The first kappa shape index (κ1) is 16.8. The van der Waals surface area contributed by atoms with E-state index < -0.39 is 11.6 Å². The fraction of sp³-hybridized carbons (Fsp3) is 0.150. The highest BCUT2D eigenvalue weighted by molar-refractivity contribution is 5.59. The van der Waals surface area contributed by atoms with E-state index in [-0.39, 0.29) is 17.8 Å². The average Bonchev–Trinajstić information content (AvgIpc) is 3.37. The average molecular weight is 380 g/mol. The second-order valence-electron chi connectivity index (χ2n) is 6.45. The maximum absolute atomic E-state index is 13.5. The van der Waals surface area contributed by atoms with Gasteiger partial charge in [0, 0.05) is 5.56 Å². The zero-order valence-electron chi connectivity index (χ0n) is 14.5. The Morgan fingerprint density at radius 3 is 2.71 bits per heavy atom. The molecule has 0 spiro atoms. The van der Waals surface area contributed by atoms with Crippen LogP contribution in [0.1, 0.15) is 17.4 Å². The van der Waals surface area contributed by atoms with Crippen LogP contribution in [-0.2, 0) is 17.9 Å². The quantitative estimate of drug-likeness (QED) is 0.534. The lowest BCUT2D eigenvalue weighted by molar-refractivity contribution is 0.00330. The number of fused-ring (bicyclic) bond motifs is 1. The van der Waals surface area contributed by atoms with Crippen molar-refractivity contribution in [2.24, 2.45) is 0 Å². The maximum atomic E-state index is 13.5. The molecule has 1 aliphatic heterocycles. The fourth-order valence-electron chi connectivity index (χ4n) is 3.25. The van der Waals surface area contributed by atoms with Crippen LogP contribution in [-0.4, -0.2) is 19.7 Å². The lowest BCUT2D eigenvalue weighted by Gasteiger charge is -2.25. The topological polar surface area (TPSA) is 66.0 Å². The lowest BCUT2D eigenvalue weighted by Crippen LogP contribution is -2.20. The van der Waals surface area contributed by atoms with Crippen molar-refractivity contribution in [2.75, 3.05) is 0 Å². The highest BCUT2D eigenvalue weighted by Gasteiger charge is 2.26. The van der Waals surface area contributed by atoms with E-state index in [4.69, 9.17) is 9.26 Å². The second kappa shape index (κ2) is 6.65. The molecule has 0 saturated carbocycles. The predicted octanol–water partition coefficient (Wildman–Crippen LogP) is 4.15. The van der Waals surface area contributed by atoms with Gasteiger partial charge in [0.25, 0.3) is 5.89 Å². The Labute approximate surface area is 158 Å². The number of benzene rings is 2. The van der Waals surface area contributed by atoms with Crippen molar-refractivity contribution in [3.8, 4) is 23.0 Å². The molecule has 0 bridgehead atoms. The van der Waals surface area contributed by atoms with E-state index in [1.165, 1.54) is 6.07 Å². The minimum atomic E-state index is -0.969. The number of rotatable bonds is 3. The van der Waals surface area contributed by atoms with Crippen LogP contribution in [0.15, 0.2) is 59.4 Å². The van der Waals surface area contributed by atoms with E-state index in [1.807, 2.05) is 34.9 Å². The number of ether oxygens (including phenoxy) is 1. The van der Waals surface area contributed by atoms with E-state index in [2.05, 4.69) is 15.1 Å². The van der Waals surface area contributed by atoms with Gasteiger partial charge in [0.2, 0.25) is 5.82 Å². The first-order valence-electron chi connectivity index (χ1n) is 8.69. The molecule has 0 saturated heterocycles. The van der Waals surface area contributed by atoms with Crippen LogP contribution in [0.3, 0.4) is 0 Å². The van der Waals surface area contributed by atoms with Crippen molar-refractivity contribution in [1.29, 1.82) is 0 Å². The molecule has 2 aromatic carbocycles. The molecule has 4 aromatic rings. The standard InChI is InChI=1S/C20H14F2N4O2/c21-14-7-6-13(8-15(14)22)19-24-20(28-25-19)18-16-10-27-17(9-26(16)11-23-18)12-4-2-1-3-5-12/h1-8,11,17H,9-10H2/t17-/m0/s1. The minimum absolute atomic E-state index is 0.0591. The van der Waals surface area contributed by atoms with Crippen molar-refractivity contribution in [1.82, 2.24) is 19.7 Å². The first-order valence-corrected chi connectivity index (χ1v) is 8.69. The van der Waals surface area contributed by atoms with Crippen molar-refractivity contribution in [3.63, 3.8) is 0 Å². The van der Waals surface area contributed by atoms with Gasteiger partial charge in [0.15, 0.2) is 17.3 Å². The molecule has 5 rings (SSSR count). The van der Waals surface area contributed by atoms with Gasteiger partial charge in [-0.2, -0.15) is 4.98 Å². The molecule has 140 valence electrons. The van der Waals surface area contributed by atoms with Gasteiger partial charge >= 0.3 is 0 Å². The molecule has 0 fully saturated rings. The third-order valence-corrected chi connectivity index (χ3v) is 4.71. The first-order chi connectivity index (χ1) is 13.7. The van der Waals surface area contributed by atoms with Gasteiger partial charge in [0.05, 0.1) is 25.2 Å². The molecule has 3 heterocycles. The lowest BCUT2D eigenvalue weighted by atomic mass is 10.1. The minimum Gasteiger partial charge on any atom is -0.365 e. The summed E-state index contributed by atoms with van der Waals surface area (Å²) >= 11 is 0. The second-order valence-corrected chi connectivity index (χ2v) is 6.45. The largest absolute Gasteiger partial charge is 0.365 e. The molecule has 1 aliphatic rings. The summed E-state index contributed by atoms with van der Waals surface area (Å²) in [6.45, 7) is 0.967. The zero-order chi connectivity index (χ0) is 19.1. The Morgan fingerprint density at radius 2 is 1.89 bits per heavy atom. The summed E-state index contributed by atoms with van der Waals surface area (Å²) in [6, 6.07) is 13.4. The van der Waals surface area contributed by atoms with Crippen LogP contribution < -0.4 is 0 Å². The molecule has 0 unspecified atom stereocenters. The van der Waals surface area contributed by atoms with Crippen molar-refractivity contribution in [3.05, 3.63) is 77.8 Å². The van der Waals surface area contributed by atoms with Crippen LogP contribution >= 0.6 is 0 Å². The summed E-state index contributed by atoms with van der Waals surface area (Å²) in [5, 5.41) is 3.86. The van der Waals surface area contributed by atoms with Crippen molar-refractivity contribution >= 4 is 0 Å². The normalized spacial score (nSPS) is 16.1. The Hall–Kier alpha value is -3.39. The Balaban J connectivity index is 1.43. The maximum Gasteiger partial charge on any atom is 0.278 e. The predicted molar refractivity (Wildman–Crippen MR) is 94.8 cm³/mol. The van der Waals surface area contributed by atoms with Crippen molar-refractivity contribution < 1.29 is 18.0 Å². The van der Waals surface area contributed by atoms with E-state index in [0.717, 1.165) is 23.4 Å². The van der Waals surface area contributed by atoms with E-state index in [1.54, 1.807) is 6.33 Å². The number of hydrogen-bond acceptors (Lipinski definition) is 5. The Bertz CT molecular complexity index is 1140. The molecule has 2 aromatic heterocycles. The van der Waals surface area contributed by atoms with Gasteiger partial charge in [-0.15, -0.1) is 0 Å². The fourth-order valence-corrected chi connectivity index (χ4v) is 3.25. The van der Waals surface area contributed by atoms with Crippen LogP contribution in [0.25, 0.3) is 23.0 Å². The van der Waals surface area contributed by atoms with Gasteiger partial charge in [-0.3, -0.25) is 0 Å². The summed E-state index contributed by atoms with van der Waals surface area (Å²) in [5.41, 5.74) is 2.77. The van der Waals surface area contributed by atoms with Crippen LogP contribution in [0.4, 0.5) is 8.78 Å². The van der Waals surface area contributed by atoms with Gasteiger partial charge < -0.3 is 13.8 Å². The Morgan fingerprint density at radius 1 is 1.04 bits per heavy atom. The van der Waals surface area contributed by atoms with Gasteiger partial charge in [-0.25, -0.2) is 13.8 Å². The third kappa shape index (κ3) is 2.87. The Kier molecular flexibility index (Phi) is 3.98. The summed E-state index contributed by atoms with van der Waals surface area (Å²) in [5.74, 6) is -1.53. The summed E-state index contributed by atoms with van der Waals surface area (Å²) in [7, 11) is 0. The third-order valence-electron chi connectivity index (χ3n) is 4.71. The molecule has 8 heteroatoms. The van der Waals surface area contributed by atoms with Gasteiger partial charge in [-0.05, 0) is 23.8 Å². The smallest absolute Gasteiger partial charge is 0.278 e. The molecular formula is C20H14F2N4O2. The van der Waals surface area contributed by atoms with Crippen LogP contribution in [0.5, 0.6) is 0 Å². The van der Waals surface area contributed by atoms with Crippen molar-refractivity contribution in [2.45, 2.75) is 19.3 Å². The van der Waals surface area contributed by atoms with Gasteiger partial charge in [-0.1, -0.05) is 35.5 Å². The monoisotopic (exact) mass is 380 g/mol. The highest BCUT2D eigenvalue weighted by atomic mass is 19.2. The van der Waals surface area contributed by atoms with Crippen LogP contribution in [0.2, 0.25) is 0 Å². The number of aromatic nitrogens is 4.